The third-order valence-corrected chi connectivity index (χ3v) is 2.92. The molecule has 5 nitrogen and oxygen atoms in total. The Hall–Kier alpha value is -1.88. The van der Waals surface area contributed by atoms with Crippen molar-refractivity contribution in [3.8, 4) is 5.75 Å². The minimum Gasteiger partial charge on any atom is -0.497 e. The number of aromatic amines is 1. The number of methoxy groups -OCH3 is 1. The summed E-state index contributed by atoms with van der Waals surface area (Å²) in [6.07, 6.45) is 0. The Bertz CT molecular complexity index is 557. The lowest BCUT2D eigenvalue weighted by Crippen LogP contribution is -2.16. The first-order valence-electron chi connectivity index (χ1n) is 6.24. The molecule has 0 saturated heterocycles. The van der Waals surface area contributed by atoms with E-state index in [2.05, 4.69) is 36.0 Å². The van der Waals surface area contributed by atoms with E-state index in [4.69, 9.17) is 10.5 Å². The Morgan fingerprint density at radius 1 is 1.32 bits per heavy atom. The van der Waals surface area contributed by atoms with Crippen molar-refractivity contribution < 1.29 is 4.74 Å². The summed E-state index contributed by atoms with van der Waals surface area (Å²) in [6.45, 7) is 6.20. The van der Waals surface area contributed by atoms with Crippen molar-refractivity contribution in [2.75, 3.05) is 7.11 Å². The number of hydrogen-bond donors (Lipinski definition) is 2. The first kappa shape index (κ1) is 13.5. The maximum Gasteiger partial charge on any atom is 0.156 e. The lowest BCUT2D eigenvalue weighted by atomic mass is 9.96. The molecule has 0 aliphatic rings. The summed E-state index contributed by atoms with van der Waals surface area (Å²) < 4.78 is 5.20. The van der Waals surface area contributed by atoms with Gasteiger partial charge in [0.05, 0.1) is 13.2 Å². The molecule has 19 heavy (non-hydrogen) atoms. The molecule has 1 aromatic carbocycles. The van der Waals surface area contributed by atoms with Crippen LogP contribution in [0.25, 0.3) is 0 Å². The summed E-state index contributed by atoms with van der Waals surface area (Å²) in [5, 5.41) is 7.15. The maximum atomic E-state index is 6.21. The predicted octanol–water partition coefficient (Wildman–Crippen LogP) is 2.16. The van der Waals surface area contributed by atoms with Crippen molar-refractivity contribution in [1.82, 2.24) is 15.2 Å². The Morgan fingerprint density at radius 3 is 2.63 bits per heavy atom. The second-order valence-corrected chi connectivity index (χ2v) is 5.55. The number of nitrogens with one attached hydrogen (secondary N) is 1. The van der Waals surface area contributed by atoms with Gasteiger partial charge in [-0.15, -0.1) is 0 Å². The molecule has 0 unspecified atom stereocenters. The molecule has 1 aromatic heterocycles. The molecule has 0 fully saturated rings. The molecule has 1 atom stereocenters. The Morgan fingerprint density at radius 2 is 2.05 bits per heavy atom. The second-order valence-electron chi connectivity index (χ2n) is 5.55. The van der Waals surface area contributed by atoms with Crippen molar-refractivity contribution in [3.05, 3.63) is 41.5 Å². The minimum absolute atomic E-state index is 0.0944. The second kappa shape index (κ2) is 5.01. The first-order chi connectivity index (χ1) is 8.91. The van der Waals surface area contributed by atoms with Crippen molar-refractivity contribution in [3.63, 3.8) is 0 Å². The lowest BCUT2D eigenvalue weighted by Gasteiger charge is -2.13. The molecule has 0 saturated carbocycles. The number of H-pyrrole nitrogens is 1. The van der Waals surface area contributed by atoms with Gasteiger partial charge < -0.3 is 10.5 Å². The highest BCUT2D eigenvalue weighted by molar-refractivity contribution is 5.33. The summed E-state index contributed by atoms with van der Waals surface area (Å²) >= 11 is 0. The van der Waals surface area contributed by atoms with Gasteiger partial charge >= 0.3 is 0 Å². The van der Waals surface area contributed by atoms with Gasteiger partial charge in [0.15, 0.2) is 5.82 Å². The molecular weight excluding hydrogens is 240 g/mol. The van der Waals surface area contributed by atoms with Gasteiger partial charge in [-0.25, -0.2) is 4.98 Å². The average Bonchev–Trinajstić information content (AvgIpc) is 2.87. The van der Waals surface area contributed by atoms with Crippen LogP contribution in [0.4, 0.5) is 0 Å². The molecule has 102 valence electrons. The topological polar surface area (TPSA) is 76.8 Å². The minimum atomic E-state index is -0.335. The van der Waals surface area contributed by atoms with Crippen LogP contribution < -0.4 is 10.5 Å². The summed E-state index contributed by atoms with van der Waals surface area (Å²) in [7, 11) is 1.64. The highest BCUT2D eigenvalue weighted by Crippen LogP contribution is 2.23. The Labute approximate surface area is 113 Å². The predicted molar refractivity (Wildman–Crippen MR) is 74.1 cm³/mol. The van der Waals surface area contributed by atoms with Gasteiger partial charge in [0.25, 0.3) is 0 Å². The monoisotopic (exact) mass is 260 g/mol. The zero-order chi connectivity index (χ0) is 14.0. The summed E-state index contributed by atoms with van der Waals surface area (Å²) in [5.41, 5.74) is 7.05. The normalized spacial score (nSPS) is 13.3. The molecule has 0 aliphatic carbocycles. The standard InChI is InChI=1S/C14H20N4O/c1-14(2,3)13-16-12(17-18-13)11(15)9-6-5-7-10(8-9)19-4/h5-8,11H,15H2,1-4H3,(H,16,17,18)/t11-/m0/s1. The fourth-order valence-corrected chi connectivity index (χ4v) is 1.74. The van der Waals surface area contributed by atoms with E-state index in [1.165, 1.54) is 0 Å². The highest BCUT2D eigenvalue weighted by atomic mass is 16.5. The fraction of sp³-hybridized carbons (Fsp3) is 0.429. The van der Waals surface area contributed by atoms with E-state index < -0.39 is 0 Å². The molecule has 2 rings (SSSR count). The van der Waals surface area contributed by atoms with Crippen LogP contribution in [-0.2, 0) is 5.41 Å². The van der Waals surface area contributed by atoms with Gasteiger partial charge in [-0.1, -0.05) is 32.9 Å². The van der Waals surface area contributed by atoms with Gasteiger partial charge in [-0.2, -0.15) is 5.10 Å². The molecule has 3 N–H and O–H groups in total. The number of aromatic nitrogens is 3. The van der Waals surface area contributed by atoms with Crippen LogP contribution in [0.1, 0.15) is 44.0 Å². The van der Waals surface area contributed by atoms with Crippen LogP contribution in [-0.4, -0.2) is 22.3 Å². The van der Waals surface area contributed by atoms with Crippen LogP contribution in [0.5, 0.6) is 5.75 Å². The number of benzene rings is 1. The van der Waals surface area contributed by atoms with E-state index in [9.17, 15) is 0 Å². The molecule has 1 heterocycles. The lowest BCUT2D eigenvalue weighted by molar-refractivity contribution is 0.414. The molecule has 0 amide bonds. The number of rotatable bonds is 3. The largest absolute Gasteiger partial charge is 0.497 e. The number of ether oxygens (including phenoxy) is 1. The number of hydrogen-bond acceptors (Lipinski definition) is 4. The van der Waals surface area contributed by atoms with Crippen LogP contribution in [0.3, 0.4) is 0 Å². The third kappa shape index (κ3) is 2.93. The molecule has 0 spiro atoms. The first-order valence-corrected chi connectivity index (χ1v) is 6.24. The van der Waals surface area contributed by atoms with Gasteiger partial charge in [-0.3, -0.25) is 5.10 Å². The zero-order valence-electron chi connectivity index (χ0n) is 11.8. The smallest absolute Gasteiger partial charge is 0.156 e. The number of nitrogens with zero attached hydrogens (tertiary/aromatic N) is 2. The zero-order valence-corrected chi connectivity index (χ0v) is 11.8. The molecule has 0 radical (unpaired) electrons. The Kier molecular flexibility index (Phi) is 3.57. The van der Waals surface area contributed by atoms with Gasteiger partial charge in [-0.05, 0) is 17.7 Å². The average molecular weight is 260 g/mol. The quantitative estimate of drug-likeness (QED) is 0.886. The van der Waals surface area contributed by atoms with E-state index in [-0.39, 0.29) is 11.5 Å². The molecule has 5 heteroatoms. The van der Waals surface area contributed by atoms with Crippen LogP contribution in [0.15, 0.2) is 24.3 Å². The number of nitrogens with two attached hydrogens (primary N) is 1. The van der Waals surface area contributed by atoms with Crippen LogP contribution in [0.2, 0.25) is 0 Å². The van der Waals surface area contributed by atoms with Crippen molar-refractivity contribution in [1.29, 1.82) is 0 Å². The summed E-state index contributed by atoms with van der Waals surface area (Å²) in [6, 6.07) is 7.32. The summed E-state index contributed by atoms with van der Waals surface area (Å²) in [4.78, 5) is 4.48. The SMILES string of the molecule is COc1cccc([C@H](N)c2nc(C(C)(C)C)n[nH]2)c1. The van der Waals surface area contributed by atoms with E-state index in [1.807, 2.05) is 24.3 Å². The third-order valence-electron chi connectivity index (χ3n) is 2.92. The van der Waals surface area contributed by atoms with Crippen molar-refractivity contribution in [2.24, 2.45) is 5.73 Å². The van der Waals surface area contributed by atoms with Gasteiger partial charge in [0.1, 0.15) is 11.6 Å². The summed E-state index contributed by atoms with van der Waals surface area (Å²) in [5.74, 6) is 2.21. The van der Waals surface area contributed by atoms with E-state index in [0.717, 1.165) is 17.1 Å². The van der Waals surface area contributed by atoms with Gasteiger partial charge in [0, 0.05) is 5.41 Å². The van der Waals surface area contributed by atoms with Crippen molar-refractivity contribution >= 4 is 0 Å². The molecule has 0 aliphatic heterocycles. The van der Waals surface area contributed by atoms with Crippen LogP contribution in [0, 0.1) is 0 Å². The van der Waals surface area contributed by atoms with Crippen molar-refractivity contribution in [2.45, 2.75) is 32.2 Å². The maximum absolute atomic E-state index is 6.21. The fourth-order valence-electron chi connectivity index (χ4n) is 1.74. The Balaban J connectivity index is 2.28. The molecule has 2 aromatic rings. The van der Waals surface area contributed by atoms with E-state index in [1.54, 1.807) is 7.11 Å². The van der Waals surface area contributed by atoms with E-state index >= 15 is 0 Å². The molecular formula is C14H20N4O. The van der Waals surface area contributed by atoms with Crippen LogP contribution >= 0.6 is 0 Å². The highest BCUT2D eigenvalue weighted by Gasteiger charge is 2.22. The van der Waals surface area contributed by atoms with E-state index in [0.29, 0.717) is 5.82 Å². The van der Waals surface area contributed by atoms with Gasteiger partial charge in [0.2, 0.25) is 0 Å². The molecule has 0 bridgehead atoms.